The molecule has 2 aromatic rings. The smallest absolute Gasteiger partial charge is 0.122 e. The molecular weight excluding hydrogens is 338 g/mol. The number of benzene rings is 1. The fourth-order valence-corrected chi connectivity index (χ4v) is 3.23. The van der Waals surface area contributed by atoms with Crippen molar-refractivity contribution < 1.29 is 9.84 Å². The van der Waals surface area contributed by atoms with E-state index in [4.69, 9.17) is 9.84 Å². The van der Waals surface area contributed by atoms with Crippen LogP contribution in [-0.2, 0) is 6.54 Å². The second-order valence-corrected chi connectivity index (χ2v) is 6.79. The van der Waals surface area contributed by atoms with E-state index in [0.717, 1.165) is 37.7 Å². The Balaban J connectivity index is 0.000000817. The van der Waals surface area contributed by atoms with E-state index in [1.165, 1.54) is 24.0 Å². The molecule has 2 N–H and O–H groups in total. The highest BCUT2D eigenvalue weighted by Crippen LogP contribution is 2.22. The molecule has 148 valence electrons. The molecule has 0 amide bonds. The normalized spacial score (nSPS) is 15.0. The first kappa shape index (κ1) is 21.2. The molecule has 27 heavy (non-hydrogen) atoms. The third-order valence-electron chi connectivity index (χ3n) is 4.58. The summed E-state index contributed by atoms with van der Waals surface area (Å²) in [6, 6.07) is 11.2. The summed E-state index contributed by atoms with van der Waals surface area (Å²) in [5.41, 5.74) is 3.67. The highest BCUT2D eigenvalue weighted by molar-refractivity contribution is 5.41. The minimum absolute atomic E-state index is 0.250. The molecule has 2 heterocycles. The van der Waals surface area contributed by atoms with Crippen molar-refractivity contribution in [1.82, 2.24) is 9.88 Å². The fourth-order valence-electron chi connectivity index (χ4n) is 3.23. The summed E-state index contributed by atoms with van der Waals surface area (Å²) in [6.45, 7) is 10.0. The Morgan fingerprint density at radius 2 is 1.96 bits per heavy atom. The van der Waals surface area contributed by atoms with Gasteiger partial charge in [-0.25, -0.2) is 0 Å². The number of pyridine rings is 1. The number of hydrogen-bond donors (Lipinski definition) is 2. The number of nitrogens with zero attached hydrogens (tertiary/aromatic N) is 2. The third-order valence-corrected chi connectivity index (χ3v) is 4.58. The fraction of sp³-hybridized carbons (Fsp3) is 0.500. The molecule has 0 unspecified atom stereocenters. The standard InChI is InChI=1S/C20H27N3O.C2H6O/c1-3-24-20-13-17(7-6-16(20)2)15-23-11-8-18(9-12-23)22-19-5-4-10-21-14-19;1-2-3/h4-7,10,13-14,18,22H,3,8-9,11-12,15H2,1-2H3;3H,2H2,1H3. The number of aliphatic hydroxyl groups excluding tert-OH is 1. The second-order valence-electron chi connectivity index (χ2n) is 6.79. The van der Waals surface area contributed by atoms with Crippen molar-refractivity contribution in [3.8, 4) is 5.75 Å². The molecule has 1 aliphatic rings. The molecular formula is C22H33N3O2. The van der Waals surface area contributed by atoms with Gasteiger partial charge in [0.05, 0.1) is 12.3 Å². The Morgan fingerprint density at radius 3 is 2.59 bits per heavy atom. The predicted molar refractivity (Wildman–Crippen MR) is 111 cm³/mol. The van der Waals surface area contributed by atoms with Gasteiger partial charge in [-0.3, -0.25) is 9.88 Å². The van der Waals surface area contributed by atoms with Crippen molar-refractivity contribution in [2.24, 2.45) is 0 Å². The van der Waals surface area contributed by atoms with Crippen LogP contribution in [0.4, 0.5) is 5.69 Å². The van der Waals surface area contributed by atoms with Crippen LogP contribution in [0, 0.1) is 6.92 Å². The zero-order valence-corrected chi connectivity index (χ0v) is 16.8. The molecule has 0 spiro atoms. The van der Waals surface area contributed by atoms with E-state index in [1.54, 1.807) is 6.92 Å². The van der Waals surface area contributed by atoms with Crippen molar-refractivity contribution in [2.45, 2.75) is 46.2 Å². The first-order chi connectivity index (χ1) is 13.2. The van der Waals surface area contributed by atoms with Gasteiger partial charge in [-0.1, -0.05) is 12.1 Å². The summed E-state index contributed by atoms with van der Waals surface area (Å²) in [6.07, 6.45) is 6.04. The Morgan fingerprint density at radius 1 is 1.22 bits per heavy atom. The molecule has 0 radical (unpaired) electrons. The van der Waals surface area contributed by atoms with E-state index in [-0.39, 0.29) is 6.61 Å². The van der Waals surface area contributed by atoms with Gasteiger partial charge < -0.3 is 15.2 Å². The molecule has 1 aromatic heterocycles. The Labute approximate surface area is 163 Å². The molecule has 1 aliphatic heterocycles. The summed E-state index contributed by atoms with van der Waals surface area (Å²) in [7, 11) is 0. The number of ether oxygens (including phenoxy) is 1. The summed E-state index contributed by atoms with van der Waals surface area (Å²) >= 11 is 0. The van der Waals surface area contributed by atoms with Crippen LogP contribution in [0.25, 0.3) is 0 Å². The van der Waals surface area contributed by atoms with E-state index in [1.807, 2.05) is 25.4 Å². The zero-order chi connectivity index (χ0) is 19.5. The topological polar surface area (TPSA) is 57.6 Å². The van der Waals surface area contributed by atoms with Gasteiger partial charge >= 0.3 is 0 Å². The lowest BCUT2D eigenvalue weighted by Crippen LogP contribution is -2.38. The van der Waals surface area contributed by atoms with Crippen molar-refractivity contribution >= 4 is 5.69 Å². The van der Waals surface area contributed by atoms with Crippen LogP contribution in [0.2, 0.25) is 0 Å². The summed E-state index contributed by atoms with van der Waals surface area (Å²) in [5.74, 6) is 1.02. The van der Waals surface area contributed by atoms with Crippen LogP contribution >= 0.6 is 0 Å². The van der Waals surface area contributed by atoms with E-state index < -0.39 is 0 Å². The molecule has 0 atom stereocenters. The third kappa shape index (κ3) is 7.19. The lowest BCUT2D eigenvalue weighted by molar-refractivity contribution is 0.211. The second kappa shape index (κ2) is 11.6. The van der Waals surface area contributed by atoms with Gasteiger partial charge in [0, 0.05) is 44.7 Å². The molecule has 1 saturated heterocycles. The monoisotopic (exact) mass is 371 g/mol. The number of aliphatic hydroxyl groups is 1. The van der Waals surface area contributed by atoms with Gasteiger partial charge in [0.15, 0.2) is 0 Å². The SMILES string of the molecule is CCO.CCOc1cc(CN2CCC(Nc3cccnc3)CC2)ccc1C. The average molecular weight is 372 g/mol. The molecule has 0 bridgehead atoms. The first-order valence-corrected chi connectivity index (χ1v) is 9.88. The number of hydrogen-bond acceptors (Lipinski definition) is 5. The molecule has 0 aliphatic carbocycles. The lowest BCUT2D eigenvalue weighted by Gasteiger charge is -2.33. The number of likely N-dealkylation sites (tertiary alicyclic amines) is 1. The summed E-state index contributed by atoms with van der Waals surface area (Å²) < 4.78 is 5.72. The van der Waals surface area contributed by atoms with Crippen LogP contribution in [0.3, 0.4) is 0 Å². The first-order valence-electron chi connectivity index (χ1n) is 9.88. The van der Waals surface area contributed by atoms with Crippen LogP contribution in [0.15, 0.2) is 42.7 Å². The molecule has 1 aromatic carbocycles. The number of aryl methyl sites for hydroxylation is 1. The molecule has 3 rings (SSSR count). The van der Waals surface area contributed by atoms with Crippen LogP contribution in [-0.4, -0.2) is 47.3 Å². The molecule has 1 fully saturated rings. The number of anilines is 1. The average Bonchev–Trinajstić information content (AvgIpc) is 2.68. The van der Waals surface area contributed by atoms with Crippen molar-refractivity contribution in [3.05, 3.63) is 53.9 Å². The van der Waals surface area contributed by atoms with E-state index in [2.05, 4.69) is 46.4 Å². The summed E-state index contributed by atoms with van der Waals surface area (Å²) in [4.78, 5) is 6.70. The quantitative estimate of drug-likeness (QED) is 0.807. The van der Waals surface area contributed by atoms with Gasteiger partial charge in [-0.05, 0) is 62.9 Å². The number of rotatable bonds is 6. The predicted octanol–water partition coefficient (Wildman–Crippen LogP) is 3.86. The number of piperidine rings is 1. The van der Waals surface area contributed by atoms with Crippen LogP contribution in [0.1, 0.15) is 37.8 Å². The largest absolute Gasteiger partial charge is 0.494 e. The maximum absolute atomic E-state index is 7.57. The van der Waals surface area contributed by atoms with Crippen LogP contribution in [0.5, 0.6) is 5.75 Å². The lowest BCUT2D eigenvalue weighted by atomic mass is 10.0. The van der Waals surface area contributed by atoms with Gasteiger partial charge in [0.2, 0.25) is 0 Å². The zero-order valence-electron chi connectivity index (χ0n) is 16.8. The molecule has 5 nitrogen and oxygen atoms in total. The van der Waals surface area contributed by atoms with Gasteiger partial charge in [0.25, 0.3) is 0 Å². The van der Waals surface area contributed by atoms with Gasteiger partial charge in [0.1, 0.15) is 5.75 Å². The highest BCUT2D eigenvalue weighted by atomic mass is 16.5. The minimum Gasteiger partial charge on any atom is -0.494 e. The summed E-state index contributed by atoms with van der Waals surface area (Å²) in [5, 5.41) is 11.2. The van der Waals surface area contributed by atoms with Crippen molar-refractivity contribution in [1.29, 1.82) is 0 Å². The Bertz CT molecular complexity index is 656. The van der Waals surface area contributed by atoms with E-state index >= 15 is 0 Å². The van der Waals surface area contributed by atoms with Crippen LogP contribution < -0.4 is 10.1 Å². The maximum Gasteiger partial charge on any atom is 0.122 e. The van der Waals surface area contributed by atoms with E-state index in [9.17, 15) is 0 Å². The number of nitrogens with one attached hydrogen (secondary N) is 1. The number of aromatic nitrogens is 1. The highest BCUT2D eigenvalue weighted by Gasteiger charge is 2.19. The Kier molecular flexibility index (Phi) is 9.08. The van der Waals surface area contributed by atoms with Gasteiger partial charge in [-0.15, -0.1) is 0 Å². The van der Waals surface area contributed by atoms with Crippen molar-refractivity contribution in [2.75, 3.05) is 31.6 Å². The minimum atomic E-state index is 0.250. The van der Waals surface area contributed by atoms with Gasteiger partial charge in [-0.2, -0.15) is 0 Å². The molecule has 5 heteroatoms. The van der Waals surface area contributed by atoms with Crippen molar-refractivity contribution in [3.63, 3.8) is 0 Å². The Hall–Kier alpha value is -2.11. The maximum atomic E-state index is 7.57. The molecule has 0 saturated carbocycles. The van der Waals surface area contributed by atoms with E-state index in [0.29, 0.717) is 6.04 Å².